The molecular formula is C31H63O6PS. The monoisotopic (exact) mass is 594 g/mol. The van der Waals surface area contributed by atoms with Crippen molar-refractivity contribution in [2.45, 2.75) is 162 Å². The van der Waals surface area contributed by atoms with Gasteiger partial charge in [0.1, 0.15) is 0 Å². The standard InChI is InChI=1S/C31H63O6PS/c1-7-9-11-13-15-16-17-19-21-26-39-29(23-20-18-14-12-10-8-2)28(3)35-24-22-25-37-38(33,34)30(32)36-27-31(4,5)6/h28-29H,7-27H2,1-6H3,(H,33,34). The first-order valence-electron chi connectivity index (χ1n) is 15.9. The first-order chi connectivity index (χ1) is 18.5. The van der Waals surface area contributed by atoms with Crippen molar-refractivity contribution in [2.75, 3.05) is 25.6 Å². The lowest BCUT2D eigenvalue weighted by atomic mass is 9.99. The third-order valence-corrected chi connectivity index (χ3v) is 9.44. The van der Waals surface area contributed by atoms with Gasteiger partial charge in [0.25, 0.3) is 0 Å². The van der Waals surface area contributed by atoms with Gasteiger partial charge in [-0.2, -0.15) is 11.8 Å². The van der Waals surface area contributed by atoms with Gasteiger partial charge in [-0.25, -0.2) is 9.36 Å². The highest BCUT2D eigenvalue weighted by Gasteiger charge is 2.33. The summed E-state index contributed by atoms with van der Waals surface area (Å²) in [6.45, 7) is 12.8. The predicted octanol–water partition coefficient (Wildman–Crippen LogP) is 10.5. The minimum atomic E-state index is -4.43. The molecule has 0 aromatic rings. The second kappa shape index (κ2) is 24.5. The van der Waals surface area contributed by atoms with Crippen LogP contribution in [-0.2, 0) is 18.6 Å². The Bertz CT molecular complexity index is 625. The summed E-state index contributed by atoms with van der Waals surface area (Å²) in [4.78, 5) is 21.8. The van der Waals surface area contributed by atoms with Crippen LogP contribution in [0.3, 0.4) is 0 Å². The van der Waals surface area contributed by atoms with E-state index in [4.69, 9.17) is 14.0 Å². The van der Waals surface area contributed by atoms with Gasteiger partial charge in [0.15, 0.2) is 0 Å². The second-order valence-corrected chi connectivity index (χ2v) is 15.2. The smallest absolute Gasteiger partial charge is 0.435 e. The molecule has 3 atom stereocenters. The van der Waals surface area contributed by atoms with Crippen LogP contribution in [0.5, 0.6) is 0 Å². The van der Waals surface area contributed by atoms with E-state index in [9.17, 15) is 14.3 Å². The molecule has 0 aliphatic heterocycles. The number of carbonyl (C=O) groups excluding carboxylic acids is 1. The molecule has 0 spiro atoms. The summed E-state index contributed by atoms with van der Waals surface area (Å²) in [7, 11) is -4.43. The van der Waals surface area contributed by atoms with E-state index in [0.29, 0.717) is 18.3 Å². The van der Waals surface area contributed by atoms with Crippen molar-refractivity contribution in [3.8, 4) is 0 Å². The maximum atomic E-state index is 12.1. The molecule has 0 aromatic heterocycles. The van der Waals surface area contributed by atoms with Crippen LogP contribution in [0.15, 0.2) is 0 Å². The average molecular weight is 595 g/mol. The quantitative estimate of drug-likeness (QED) is 0.0748. The molecule has 0 aliphatic carbocycles. The Balaban J connectivity index is 4.34. The van der Waals surface area contributed by atoms with Crippen LogP contribution in [-0.4, -0.2) is 47.5 Å². The van der Waals surface area contributed by atoms with E-state index in [1.807, 2.05) is 20.8 Å². The van der Waals surface area contributed by atoms with Gasteiger partial charge in [-0.1, -0.05) is 125 Å². The van der Waals surface area contributed by atoms with Crippen LogP contribution in [0, 0.1) is 5.41 Å². The zero-order valence-electron chi connectivity index (χ0n) is 26.3. The Morgan fingerprint density at radius 1 is 0.795 bits per heavy atom. The Kier molecular flexibility index (Phi) is 24.5. The van der Waals surface area contributed by atoms with Gasteiger partial charge in [-0.15, -0.1) is 0 Å². The molecular weight excluding hydrogens is 531 g/mol. The van der Waals surface area contributed by atoms with Gasteiger partial charge in [0.05, 0.1) is 19.3 Å². The summed E-state index contributed by atoms with van der Waals surface area (Å²) in [5, 5.41) is 0.461. The number of hydrogen-bond donors (Lipinski definition) is 1. The highest BCUT2D eigenvalue weighted by Crippen LogP contribution is 2.44. The Hall–Kier alpha value is -0.0700. The molecule has 0 amide bonds. The second-order valence-electron chi connectivity index (χ2n) is 12.2. The fraction of sp³-hybridized carbons (Fsp3) is 0.968. The molecule has 234 valence electrons. The van der Waals surface area contributed by atoms with E-state index < -0.39 is 13.3 Å². The maximum absolute atomic E-state index is 12.1. The zero-order valence-corrected chi connectivity index (χ0v) is 28.1. The summed E-state index contributed by atoms with van der Waals surface area (Å²) in [6, 6.07) is 0. The number of carbonyl (C=O) groups is 1. The predicted molar refractivity (Wildman–Crippen MR) is 168 cm³/mol. The number of hydrogen-bond acceptors (Lipinski definition) is 6. The molecule has 0 radical (unpaired) electrons. The molecule has 0 aliphatic rings. The lowest BCUT2D eigenvalue weighted by molar-refractivity contribution is 0.0533. The number of thioether (sulfide) groups is 1. The normalized spacial score (nSPS) is 15.2. The number of unbranched alkanes of at least 4 members (excludes halogenated alkanes) is 13. The van der Waals surface area contributed by atoms with Crippen molar-refractivity contribution < 1.29 is 28.3 Å². The third-order valence-electron chi connectivity index (χ3n) is 6.74. The average Bonchev–Trinajstić information content (AvgIpc) is 2.88. The number of rotatable bonds is 27. The van der Waals surface area contributed by atoms with Crippen LogP contribution in [0.2, 0.25) is 0 Å². The van der Waals surface area contributed by atoms with Crippen molar-refractivity contribution in [3.63, 3.8) is 0 Å². The van der Waals surface area contributed by atoms with E-state index in [2.05, 4.69) is 32.5 Å². The van der Waals surface area contributed by atoms with Crippen LogP contribution < -0.4 is 0 Å². The molecule has 6 nitrogen and oxygen atoms in total. The van der Waals surface area contributed by atoms with Crippen LogP contribution in [0.1, 0.15) is 151 Å². The molecule has 39 heavy (non-hydrogen) atoms. The molecule has 0 heterocycles. The first kappa shape index (κ1) is 38.9. The Morgan fingerprint density at radius 3 is 1.85 bits per heavy atom. The van der Waals surface area contributed by atoms with E-state index >= 15 is 0 Å². The SMILES string of the molecule is CCCCCCCCCCCSC(CCCCCCCC)C(C)OCCCOP(=O)(O)C(=O)OCC(C)(C)C. The minimum absolute atomic E-state index is 0.0151. The maximum Gasteiger partial charge on any atom is 0.435 e. The fourth-order valence-corrected chi connectivity index (χ4v) is 6.33. The topological polar surface area (TPSA) is 82.1 Å². The molecule has 0 rings (SSSR count). The minimum Gasteiger partial charge on any atom is -0.456 e. The molecule has 1 N–H and O–H groups in total. The lowest BCUT2D eigenvalue weighted by Crippen LogP contribution is -2.25. The van der Waals surface area contributed by atoms with Crippen LogP contribution in [0.25, 0.3) is 0 Å². The van der Waals surface area contributed by atoms with Crippen molar-refractivity contribution >= 4 is 25.1 Å². The molecule has 0 fully saturated rings. The molecule has 0 saturated heterocycles. The Morgan fingerprint density at radius 2 is 1.31 bits per heavy atom. The molecule has 8 heteroatoms. The van der Waals surface area contributed by atoms with E-state index in [-0.39, 0.29) is 24.7 Å². The van der Waals surface area contributed by atoms with Gasteiger partial charge >= 0.3 is 13.3 Å². The highest BCUT2D eigenvalue weighted by atomic mass is 32.2. The van der Waals surface area contributed by atoms with Gasteiger partial charge in [-0.05, 0) is 37.4 Å². The van der Waals surface area contributed by atoms with Gasteiger partial charge < -0.3 is 18.9 Å². The summed E-state index contributed by atoms with van der Waals surface area (Å²) in [5.41, 5.74) is -1.46. The zero-order chi connectivity index (χ0) is 29.4. The summed E-state index contributed by atoms with van der Waals surface area (Å²) in [6.07, 6.45) is 21.6. The third kappa shape index (κ3) is 24.3. The van der Waals surface area contributed by atoms with Crippen molar-refractivity contribution in [1.29, 1.82) is 0 Å². The molecule has 0 bridgehead atoms. The largest absolute Gasteiger partial charge is 0.456 e. The van der Waals surface area contributed by atoms with Crippen molar-refractivity contribution in [3.05, 3.63) is 0 Å². The summed E-state index contributed by atoms with van der Waals surface area (Å²) in [5.74, 6) is 1.18. The lowest BCUT2D eigenvalue weighted by Gasteiger charge is -2.24. The Labute approximate surface area is 246 Å². The van der Waals surface area contributed by atoms with Crippen LogP contribution in [0.4, 0.5) is 4.79 Å². The van der Waals surface area contributed by atoms with E-state index in [1.54, 1.807) is 0 Å². The van der Waals surface area contributed by atoms with Crippen molar-refractivity contribution in [1.82, 2.24) is 0 Å². The highest BCUT2D eigenvalue weighted by molar-refractivity contribution is 7.99. The molecule has 0 saturated carbocycles. The molecule has 0 aromatic carbocycles. The van der Waals surface area contributed by atoms with E-state index in [1.165, 1.54) is 102 Å². The fourth-order valence-electron chi connectivity index (χ4n) is 4.26. The summed E-state index contributed by atoms with van der Waals surface area (Å²) >= 11 is 2.05. The van der Waals surface area contributed by atoms with E-state index in [0.717, 1.165) is 6.42 Å². The van der Waals surface area contributed by atoms with Crippen LogP contribution >= 0.6 is 19.4 Å². The van der Waals surface area contributed by atoms with Gasteiger partial charge in [0, 0.05) is 11.9 Å². The van der Waals surface area contributed by atoms with Crippen molar-refractivity contribution in [2.24, 2.45) is 5.41 Å². The van der Waals surface area contributed by atoms with Gasteiger partial charge in [0.2, 0.25) is 0 Å². The molecule has 3 unspecified atom stereocenters. The van der Waals surface area contributed by atoms with Gasteiger partial charge in [-0.3, -0.25) is 0 Å². The number of ether oxygens (including phenoxy) is 2. The summed E-state index contributed by atoms with van der Waals surface area (Å²) < 4.78 is 28.2. The first-order valence-corrected chi connectivity index (χ1v) is 18.5.